The predicted molar refractivity (Wildman–Crippen MR) is 83.1 cm³/mol. The van der Waals surface area contributed by atoms with Crippen LogP contribution in [0.1, 0.15) is 12.0 Å². The first-order chi connectivity index (χ1) is 10.2. The Morgan fingerprint density at radius 2 is 2.29 bits per heavy atom. The van der Waals surface area contributed by atoms with Crippen molar-refractivity contribution in [2.24, 2.45) is 5.84 Å². The van der Waals surface area contributed by atoms with Crippen LogP contribution >= 0.6 is 15.9 Å². The monoisotopic (exact) mass is 347 g/mol. The van der Waals surface area contributed by atoms with Crippen molar-refractivity contribution in [1.82, 2.24) is 15.0 Å². The molecule has 0 aliphatic carbocycles. The minimum absolute atomic E-state index is 0.321. The zero-order chi connectivity index (χ0) is 15.1. The average molecular weight is 348 g/mol. The van der Waals surface area contributed by atoms with Crippen LogP contribution in [0.2, 0.25) is 0 Å². The molecule has 2 aromatic rings. The van der Waals surface area contributed by atoms with Gasteiger partial charge in [-0.2, -0.15) is 10.2 Å². The molecule has 0 unspecified atom stereocenters. The van der Waals surface area contributed by atoms with E-state index in [0.29, 0.717) is 31.3 Å². The maximum atomic E-state index is 8.83. The van der Waals surface area contributed by atoms with Gasteiger partial charge in [0.15, 0.2) is 0 Å². The van der Waals surface area contributed by atoms with Crippen molar-refractivity contribution in [3.05, 3.63) is 40.8 Å². The van der Waals surface area contributed by atoms with Crippen molar-refractivity contribution in [2.45, 2.75) is 13.0 Å². The second-order valence-corrected chi connectivity index (χ2v) is 5.05. The van der Waals surface area contributed by atoms with Crippen LogP contribution in [0.15, 0.2) is 35.2 Å². The molecule has 0 bridgehead atoms. The van der Waals surface area contributed by atoms with Gasteiger partial charge < -0.3 is 4.90 Å². The topological polar surface area (TPSA) is 104 Å². The fourth-order valence-electron chi connectivity index (χ4n) is 1.81. The van der Waals surface area contributed by atoms with Crippen molar-refractivity contribution >= 4 is 27.7 Å². The number of nitrogens with zero attached hydrogens (tertiary/aromatic N) is 5. The predicted octanol–water partition coefficient (Wildman–Crippen LogP) is 1.84. The van der Waals surface area contributed by atoms with E-state index in [1.54, 1.807) is 18.6 Å². The number of halogens is 1. The van der Waals surface area contributed by atoms with Crippen LogP contribution < -0.4 is 16.2 Å². The van der Waals surface area contributed by atoms with E-state index in [4.69, 9.17) is 11.1 Å². The third kappa shape index (κ3) is 4.11. The summed E-state index contributed by atoms with van der Waals surface area (Å²) in [5, 5.41) is 8.83. The summed E-state index contributed by atoms with van der Waals surface area (Å²) in [6, 6.07) is 6.00. The van der Waals surface area contributed by atoms with Gasteiger partial charge >= 0.3 is 0 Å². The number of aromatic nitrogens is 3. The highest BCUT2D eigenvalue weighted by molar-refractivity contribution is 9.10. The van der Waals surface area contributed by atoms with Gasteiger partial charge in [0.2, 0.25) is 5.95 Å². The first kappa shape index (κ1) is 15.2. The molecule has 21 heavy (non-hydrogen) atoms. The molecule has 0 spiro atoms. The fraction of sp³-hybridized carbons (Fsp3) is 0.231. The molecule has 7 nitrogen and oxygen atoms in total. The van der Waals surface area contributed by atoms with Gasteiger partial charge in [0, 0.05) is 31.7 Å². The highest BCUT2D eigenvalue weighted by Crippen LogP contribution is 2.25. The molecule has 3 N–H and O–H groups in total. The van der Waals surface area contributed by atoms with Crippen LogP contribution in [0.25, 0.3) is 0 Å². The number of hydrazine groups is 1. The summed E-state index contributed by atoms with van der Waals surface area (Å²) in [6.07, 6.45) is 5.53. The van der Waals surface area contributed by atoms with Crippen molar-refractivity contribution < 1.29 is 0 Å². The first-order valence-electron chi connectivity index (χ1n) is 6.24. The van der Waals surface area contributed by atoms with E-state index < -0.39 is 0 Å². The number of hydrogen-bond donors (Lipinski definition) is 2. The molecule has 2 aromatic heterocycles. The van der Waals surface area contributed by atoms with Gasteiger partial charge in [-0.3, -0.25) is 10.4 Å². The molecule has 0 amide bonds. The Balaban J connectivity index is 2.29. The quantitative estimate of drug-likeness (QED) is 0.606. The largest absolute Gasteiger partial charge is 0.350 e. The van der Waals surface area contributed by atoms with Gasteiger partial charge in [0.25, 0.3) is 0 Å². The summed E-state index contributed by atoms with van der Waals surface area (Å²) in [4.78, 5) is 14.4. The second kappa shape index (κ2) is 7.52. The van der Waals surface area contributed by atoms with E-state index in [1.807, 2.05) is 17.0 Å². The van der Waals surface area contributed by atoms with Crippen molar-refractivity contribution in [2.75, 3.05) is 16.9 Å². The van der Waals surface area contributed by atoms with Gasteiger partial charge in [0.05, 0.1) is 17.0 Å². The number of pyridine rings is 1. The molecular formula is C13H14BrN7. The molecule has 2 heterocycles. The molecular weight excluding hydrogens is 334 g/mol. The lowest BCUT2D eigenvalue weighted by Crippen LogP contribution is -2.26. The highest BCUT2D eigenvalue weighted by atomic mass is 79.9. The van der Waals surface area contributed by atoms with Gasteiger partial charge in [-0.1, -0.05) is 6.07 Å². The molecule has 0 saturated heterocycles. The number of nitriles is 1. The summed E-state index contributed by atoms with van der Waals surface area (Å²) < 4.78 is 0.739. The lowest BCUT2D eigenvalue weighted by molar-refractivity contribution is 0.775. The Morgan fingerprint density at radius 1 is 1.43 bits per heavy atom. The maximum absolute atomic E-state index is 8.83. The van der Waals surface area contributed by atoms with E-state index in [2.05, 4.69) is 42.4 Å². The SMILES string of the molecule is N#CCCN(Cc1cccnc1)c1nc(NN)ncc1Br. The standard InChI is InChI=1S/C13H14BrN7/c14-11-8-18-13(20-16)19-12(11)21(6-2-4-15)9-10-3-1-5-17-7-10/h1,3,5,7-8H,2,6,9,16H2,(H,18,19,20). The Bertz CT molecular complexity index is 626. The molecule has 0 aliphatic heterocycles. The minimum atomic E-state index is 0.321. The fourth-order valence-corrected chi connectivity index (χ4v) is 2.25. The molecule has 0 atom stereocenters. The van der Waals surface area contributed by atoms with Crippen molar-refractivity contribution in [3.63, 3.8) is 0 Å². The number of nitrogens with one attached hydrogen (secondary N) is 1. The van der Waals surface area contributed by atoms with Crippen molar-refractivity contribution in [1.29, 1.82) is 5.26 Å². The third-order valence-corrected chi connectivity index (χ3v) is 3.30. The molecule has 0 saturated carbocycles. The van der Waals surface area contributed by atoms with Crippen LogP contribution in [0, 0.1) is 11.3 Å². The van der Waals surface area contributed by atoms with Gasteiger partial charge in [0.1, 0.15) is 5.82 Å². The summed E-state index contributed by atoms with van der Waals surface area (Å²) >= 11 is 3.43. The molecule has 0 radical (unpaired) electrons. The molecule has 2 rings (SSSR count). The van der Waals surface area contributed by atoms with Crippen LogP contribution in [-0.2, 0) is 6.54 Å². The van der Waals surface area contributed by atoms with Gasteiger partial charge in [-0.25, -0.2) is 10.8 Å². The van der Waals surface area contributed by atoms with Crippen LogP contribution in [-0.4, -0.2) is 21.5 Å². The van der Waals surface area contributed by atoms with E-state index >= 15 is 0 Å². The van der Waals surface area contributed by atoms with Crippen LogP contribution in [0.4, 0.5) is 11.8 Å². The zero-order valence-electron chi connectivity index (χ0n) is 11.2. The van der Waals surface area contributed by atoms with Crippen LogP contribution in [0.3, 0.4) is 0 Å². The number of nitrogens with two attached hydrogens (primary N) is 1. The Kier molecular flexibility index (Phi) is 5.43. The van der Waals surface area contributed by atoms with Crippen LogP contribution in [0.5, 0.6) is 0 Å². The molecule has 0 fully saturated rings. The van der Waals surface area contributed by atoms with Gasteiger partial charge in [-0.05, 0) is 27.6 Å². The summed E-state index contributed by atoms with van der Waals surface area (Å²) in [5.41, 5.74) is 3.45. The Hall–Kier alpha value is -2.24. The summed E-state index contributed by atoms with van der Waals surface area (Å²) in [5.74, 6) is 6.35. The minimum Gasteiger partial charge on any atom is -0.350 e. The van der Waals surface area contributed by atoms with Gasteiger partial charge in [-0.15, -0.1) is 0 Å². The van der Waals surface area contributed by atoms with E-state index in [1.165, 1.54) is 0 Å². The summed E-state index contributed by atoms with van der Waals surface area (Å²) in [7, 11) is 0. The van der Waals surface area contributed by atoms with Crippen molar-refractivity contribution in [3.8, 4) is 6.07 Å². The third-order valence-electron chi connectivity index (χ3n) is 2.74. The average Bonchev–Trinajstić information content (AvgIpc) is 2.53. The molecule has 8 heteroatoms. The number of hydrogen-bond acceptors (Lipinski definition) is 7. The Morgan fingerprint density at radius 3 is 2.95 bits per heavy atom. The molecule has 0 aromatic carbocycles. The highest BCUT2D eigenvalue weighted by Gasteiger charge is 2.14. The van der Waals surface area contributed by atoms with E-state index in [9.17, 15) is 0 Å². The summed E-state index contributed by atoms with van der Waals surface area (Å²) in [6.45, 7) is 1.14. The van der Waals surface area contributed by atoms with E-state index in [0.717, 1.165) is 10.0 Å². The molecule has 0 aliphatic rings. The zero-order valence-corrected chi connectivity index (χ0v) is 12.8. The smallest absolute Gasteiger partial charge is 0.239 e. The van der Waals surface area contributed by atoms with E-state index in [-0.39, 0.29) is 0 Å². The second-order valence-electron chi connectivity index (χ2n) is 4.20. The lowest BCUT2D eigenvalue weighted by Gasteiger charge is -2.24. The normalized spacial score (nSPS) is 9.95. The maximum Gasteiger partial charge on any atom is 0.239 e. The number of anilines is 2. The Labute approximate surface area is 130 Å². The number of rotatable bonds is 6. The first-order valence-corrected chi connectivity index (χ1v) is 7.04. The lowest BCUT2D eigenvalue weighted by atomic mass is 10.2. The molecule has 108 valence electrons. The number of nitrogen functional groups attached to an aromatic ring is 1.